The van der Waals surface area contributed by atoms with Crippen molar-refractivity contribution in [3.63, 3.8) is 0 Å². The van der Waals surface area contributed by atoms with Crippen LogP contribution < -0.4 is 11.1 Å². The molecule has 2 atom stereocenters. The molecule has 0 amide bonds. The molecule has 3 N–H and O–H groups in total. The lowest BCUT2D eigenvalue weighted by atomic mass is 10.1. The Hall–Kier alpha value is -1.89. The zero-order valence-corrected chi connectivity index (χ0v) is 10.6. The van der Waals surface area contributed by atoms with Gasteiger partial charge in [-0.05, 0) is 31.9 Å². The van der Waals surface area contributed by atoms with Crippen molar-refractivity contribution in [3.8, 4) is 0 Å². The number of nitrogen functional groups attached to an aromatic ring is 1. The number of rotatable bonds is 3. The van der Waals surface area contributed by atoms with E-state index < -0.39 is 4.92 Å². The van der Waals surface area contributed by atoms with E-state index in [9.17, 15) is 10.1 Å². The van der Waals surface area contributed by atoms with Crippen molar-refractivity contribution < 1.29 is 4.92 Å². The zero-order valence-electron chi connectivity index (χ0n) is 10.6. The summed E-state index contributed by atoms with van der Waals surface area (Å²) in [7, 11) is 0. The first-order valence-corrected chi connectivity index (χ1v) is 6.56. The molecule has 0 aliphatic carbocycles. The highest BCUT2D eigenvalue weighted by Crippen LogP contribution is 2.32. The first-order valence-electron chi connectivity index (χ1n) is 6.56. The summed E-state index contributed by atoms with van der Waals surface area (Å²) < 4.78 is 0. The molecular weight excluding hydrogens is 246 g/mol. The summed E-state index contributed by atoms with van der Waals surface area (Å²) in [6.45, 7) is 2.19. The molecular formula is C12H17N5O2. The van der Waals surface area contributed by atoms with E-state index in [1.54, 1.807) is 0 Å². The maximum Gasteiger partial charge on any atom is 0.311 e. The minimum Gasteiger partial charge on any atom is -0.384 e. The molecule has 102 valence electrons. The van der Waals surface area contributed by atoms with Crippen LogP contribution in [-0.2, 0) is 0 Å². The highest BCUT2D eigenvalue weighted by atomic mass is 16.6. The molecule has 19 heavy (non-hydrogen) atoms. The van der Waals surface area contributed by atoms with E-state index in [1.165, 1.54) is 18.6 Å². The Morgan fingerprint density at radius 1 is 1.42 bits per heavy atom. The van der Waals surface area contributed by atoms with E-state index in [4.69, 9.17) is 5.73 Å². The fourth-order valence-electron chi connectivity index (χ4n) is 3.15. The van der Waals surface area contributed by atoms with Gasteiger partial charge in [-0.1, -0.05) is 0 Å². The van der Waals surface area contributed by atoms with Gasteiger partial charge in [-0.3, -0.25) is 15.0 Å². The first kappa shape index (κ1) is 12.2. The van der Waals surface area contributed by atoms with E-state index in [1.807, 2.05) is 0 Å². The van der Waals surface area contributed by atoms with Gasteiger partial charge in [0.25, 0.3) is 0 Å². The molecule has 3 rings (SSSR count). The van der Waals surface area contributed by atoms with Crippen LogP contribution >= 0.6 is 0 Å². The lowest BCUT2D eigenvalue weighted by Gasteiger charge is -2.21. The highest BCUT2D eigenvalue weighted by Gasteiger charge is 2.38. The number of nitrogens with two attached hydrogens (primary N) is 1. The molecule has 1 aromatic rings. The molecule has 2 unspecified atom stereocenters. The number of nitro groups is 1. The fraction of sp³-hybridized carbons (Fsp3) is 0.583. The maximum absolute atomic E-state index is 11.0. The van der Waals surface area contributed by atoms with Gasteiger partial charge in [0.15, 0.2) is 0 Å². The third kappa shape index (κ3) is 2.21. The molecule has 7 heteroatoms. The fourth-order valence-corrected chi connectivity index (χ4v) is 3.15. The second kappa shape index (κ2) is 4.65. The molecule has 0 bridgehead atoms. The Labute approximate surface area is 110 Å². The van der Waals surface area contributed by atoms with Crippen LogP contribution in [0, 0.1) is 10.1 Å². The van der Waals surface area contributed by atoms with Gasteiger partial charge in [-0.2, -0.15) is 0 Å². The largest absolute Gasteiger partial charge is 0.384 e. The number of pyridine rings is 1. The van der Waals surface area contributed by atoms with Gasteiger partial charge in [0.2, 0.25) is 5.82 Å². The van der Waals surface area contributed by atoms with Crippen LogP contribution in [0.5, 0.6) is 0 Å². The number of aromatic nitrogens is 1. The quantitative estimate of drug-likeness (QED) is 0.628. The number of hydrogen-bond acceptors (Lipinski definition) is 6. The van der Waals surface area contributed by atoms with Crippen molar-refractivity contribution >= 4 is 17.3 Å². The Kier molecular flexibility index (Phi) is 2.98. The Balaban J connectivity index is 1.83. The van der Waals surface area contributed by atoms with E-state index in [-0.39, 0.29) is 11.7 Å². The van der Waals surface area contributed by atoms with Gasteiger partial charge in [-0.15, -0.1) is 0 Å². The van der Waals surface area contributed by atoms with Crippen molar-refractivity contribution in [1.29, 1.82) is 0 Å². The minimum absolute atomic E-state index is 0.00866. The zero-order chi connectivity index (χ0) is 13.4. The van der Waals surface area contributed by atoms with Crippen LogP contribution in [-0.4, -0.2) is 40.0 Å². The molecule has 2 fully saturated rings. The normalized spacial score (nSPS) is 26.3. The molecule has 0 spiro atoms. The monoisotopic (exact) mass is 263 g/mol. The van der Waals surface area contributed by atoms with Crippen LogP contribution in [0.3, 0.4) is 0 Å². The van der Waals surface area contributed by atoms with E-state index in [0.29, 0.717) is 17.7 Å². The number of nitrogens with zero attached hydrogens (tertiary/aromatic N) is 3. The van der Waals surface area contributed by atoms with Gasteiger partial charge in [0.05, 0.1) is 4.92 Å². The molecule has 2 saturated heterocycles. The summed E-state index contributed by atoms with van der Waals surface area (Å²) in [5.74, 6) is 0.595. The second-order valence-electron chi connectivity index (χ2n) is 5.15. The Bertz CT molecular complexity index is 507. The van der Waals surface area contributed by atoms with Crippen molar-refractivity contribution in [1.82, 2.24) is 9.88 Å². The van der Waals surface area contributed by atoms with Crippen molar-refractivity contribution in [2.75, 3.05) is 24.1 Å². The number of fused-ring (bicyclic) bond motifs is 1. The number of hydrogen-bond donors (Lipinski definition) is 2. The van der Waals surface area contributed by atoms with Crippen LogP contribution in [0.15, 0.2) is 12.1 Å². The summed E-state index contributed by atoms with van der Waals surface area (Å²) in [6, 6.07) is 3.57. The summed E-state index contributed by atoms with van der Waals surface area (Å²) >= 11 is 0. The number of nitrogens with one attached hydrogen (secondary N) is 1. The molecule has 2 aliphatic rings. The predicted molar refractivity (Wildman–Crippen MR) is 71.9 cm³/mol. The van der Waals surface area contributed by atoms with Gasteiger partial charge in [0.1, 0.15) is 5.82 Å². The molecule has 1 aromatic heterocycles. The molecule has 7 nitrogen and oxygen atoms in total. The van der Waals surface area contributed by atoms with Crippen LogP contribution in [0.4, 0.5) is 17.3 Å². The standard InChI is InChI=1S/C12H17N5O2/c13-11-4-3-10(17(18)19)12(15-11)14-8-5-7-16-6-1-2-9(8)16/h3-4,8-9H,1-2,5-7H2,(H3,13,14,15). The minimum atomic E-state index is -0.420. The topological polar surface area (TPSA) is 97.3 Å². The number of anilines is 2. The molecule has 2 aliphatic heterocycles. The second-order valence-corrected chi connectivity index (χ2v) is 5.15. The average Bonchev–Trinajstić information content (AvgIpc) is 2.94. The Morgan fingerprint density at radius 2 is 2.26 bits per heavy atom. The van der Waals surface area contributed by atoms with E-state index in [2.05, 4.69) is 15.2 Å². The van der Waals surface area contributed by atoms with Crippen molar-refractivity contribution in [2.45, 2.75) is 31.3 Å². The molecule has 0 radical (unpaired) electrons. The SMILES string of the molecule is Nc1ccc([N+](=O)[O-])c(NC2CCN3CCCC23)n1. The summed E-state index contributed by atoms with van der Waals surface area (Å²) in [5, 5.41) is 14.2. The molecule has 3 heterocycles. The van der Waals surface area contributed by atoms with Crippen LogP contribution in [0.2, 0.25) is 0 Å². The Morgan fingerprint density at radius 3 is 3.05 bits per heavy atom. The van der Waals surface area contributed by atoms with E-state index in [0.717, 1.165) is 25.9 Å². The lowest BCUT2D eigenvalue weighted by Crippen LogP contribution is -2.34. The highest BCUT2D eigenvalue weighted by molar-refractivity contribution is 5.60. The summed E-state index contributed by atoms with van der Waals surface area (Å²) in [5.41, 5.74) is 5.62. The van der Waals surface area contributed by atoms with Crippen molar-refractivity contribution in [3.05, 3.63) is 22.2 Å². The third-order valence-corrected chi connectivity index (χ3v) is 4.02. The maximum atomic E-state index is 11.0. The molecule has 0 aromatic carbocycles. The third-order valence-electron chi connectivity index (χ3n) is 4.02. The molecule has 0 saturated carbocycles. The van der Waals surface area contributed by atoms with Gasteiger partial charge < -0.3 is 11.1 Å². The lowest BCUT2D eigenvalue weighted by molar-refractivity contribution is -0.384. The van der Waals surface area contributed by atoms with Gasteiger partial charge in [-0.25, -0.2) is 4.98 Å². The van der Waals surface area contributed by atoms with Gasteiger partial charge >= 0.3 is 5.69 Å². The van der Waals surface area contributed by atoms with Gasteiger partial charge in [0, 0.05) is 24.7 Å². The predicted octanol–water partition coefficient (Wildman–Crippen LogP) is 1.22. The average molecular weight is 263 g/mol. The summed E-state index contributed by atoms with van der Waals surface area (Å²) in [6.07, 6.45) is 3.35. The smallest absolute Gasteiger partial charge is 0.311 e. The van der Waals surface area contributed by atoms with Crippen LogP contribution in [0.25, 0.3) is 0 Å². The summed E-state index contributed by atoms with van der Waals surface area (Å²) in [4.78, 5) is 17.1. The van der Waals surface area contributed by atoms with Crippen LogP contribution in [0.1, 0.15) is 19.3 Å². The first-order chi connectivity index (χ1) is 9.15. The van der Waals surface area contributed by atoms with E-state index >= 15 is 0 Å². The van der Waals surface area contributed by atoms with Crippen molar-refractivity contribution in [2.24, 2.45) is 0 Å².